The van der Waals surface area contributed by atoms with E-state index >= 15 is 0 Å². The number of benzene rings is 1. The molecule has 0 atom stereocenters. The Kier molecular flexibility index (Phi) is 6.22. The van der Waals surface area contributed by atoms with Crippen molar-refractivity contribution < 1.29 is 18.4 Å². The number of H-pyrrole nitrogens is 1. The minimum Gasteiger partial charge on any atom is -0.341 e. The Morgan fingerprint density at radius 3 is 2.33 bits per heavy atom. The number of likely N-dealkylation sites (tertiary alicyclic amines) is 1. The molecule has 0 radical (unpaired) electrons. The summed E-state index contributed by atoms with van der Waals surface area (Å²) in [5.74, 6) is -1.13. The van der Waals surface area contributed by atoms with Crippen molar-refractivity contribution in [3.05, 3.63) is 66.4 Å². The van der Waals surface area contributed by atoms with Crippen LogP contribution in [-0.2, 0) is 4.79 Å². The van der Waals surface area contributed by atoms with Crippen molar-refractivity contribution >= 4 is 17.6 Å². The number of anilines is 1. The molecule has 4 rings (SSSR count). The number of amides is 2. The molecule has 33 heavy (non-hydrogen) atoms. The first-order valence-corrected chi connectivity index (χ1v) is 10.8. The van der Waals surface area contributed by atoms with E-state index in [9.17, 15) is 18.4 Å². The molecule has 0 saturated carbocycles. The Bertz CT molecular complexity index is 1120. The number of pyridine rings is 1. The number of aromatic nitrogens is 3. The molecular weight excluding hydrogens is 428 g/mol. The molecule has 0 bridgehead atoms. The average molecular weight is 453 g/mol. The van der Waals surface area contributed by atoms with Crippen LogP contribution in [0.15, 0.2) is 49.1 Å². The molecule has 0 unspecified atom stereocenters. The van der Waals surface area contributed by atoms with E-state index in [1.54, 1.807) is 17.0 Å². The molecule has 9 heteroatoms. The predicted molar refractivity (Wildman–Crippen MR) is 119 cm³/mol. The Hall–Kier alpha value is -3.62. The fourth-order valence-corrected chi connectivity index (χ4v) is 4.17. The molecule has 1 aliphatic rings. The Labute approximate surface area is 190 Å². The van der Waals surface area contributed by atoms with Crippen LogP contribution in [0.2, 0.25) is 0 Å². The lowest BCUT2D eigenvalue weighted by Crippen LogP contribution is -2.46. The van der Waals surface area contributed by atoms with Crippen molar-refractivity contribution in [2.45, 2.75) is 26.7 Å². The van der Waals surface area contributed by atoms with Gasteiger partial charge in [0.2, 0.25) is 5.91 Å². The maximum absolute atomic E-state index is 13.5. The second kappa shape index (κ2) is 9.09. The van der Waals surface area contributed by atoms with Gasteiger partial charge in [0.25, 0.3) is 5.91 Å². The van der Waals surface area contributed by atoms with Crippen LogP contribution in [0.4, 0.5) is 14.6 Å². The topological polar surface area (TPSA) is 91.0 Å². The molecule has 2 N–H and O–H groups in total. The monoisotopic (exact) mass is 453 g/mol. The molecule has 1 aromatic carbocycles. The van der Waals surface area contributed by atoms with Crippen LogP contribution in [0.3, 0.4) is 0 Å². The van der Waals surface area contributed by atoms with Crippen LogP contribution in [0, 0.1) is 23.0 Å². The fourth-order valence-electron chi connectivity index (χ4n) is 4.17. The summed E-state index contributed by atoms with van der Waals surface area (Å²) in [5.41, 5.74) is 0.699. The zero-order valence-corrected chi connectivity index (χ0v) is 18.4. The molecule has 7 nitrogen and oxygen atoms in total. The van der Waals surface area contributed by atoms with E-state index < -0.39 is 17.0 Å². The summed E-state index contributed by atoms with van der Waals surface area (Å²) in [6.45, 7) is 4.92. The Morgan fingerprint density at radius 2 is 1.76 bits per heavy atom. The smallest absolute Gasteiger partial charge is 0.271 e. The van der Waals surface area contributed by atoms with Crippen molar-refractivity contribution in [1.82, 2.24) is 19.9 Å². The first kappa shape index (κ1) is 22.6. The van der Waals surface area contributed by atoms with Crippen LogP contribution < -0.4 is 5.32 Å². The van der Waals surface area contributed by atoms with Crippen molar-refractivity contribution in [3.8, 4) is 11.1 Å². The number of rotatable bonds is 5. The number of aromatic amines is 1. The third-order valence-corrected chi connectivity index (χ3v) is 6.32. The lowest BCUT2D eigenvalue weighted by Gasteiger charge is -2.39. The van der Waals surface area contributed by atoms with E-state index in [0.717, 1.165) is 6.07 Å². The van der Waals surface area contributed by atoms with E-state index in [-0.39, 0.29) is 17.7 Å². The van der Waals surface area contributed by atoms with E-state index in [1.807, 2.05) is 13.8 Å². The average Bonchev–Trinajstić information content (AvgIpc) is 3.33. The third-order valence-electron chi connectivity index (χ3n) is 6.32. The number of nitrogens with one attached hydrogen (secondary N) is 2. The molecule has 3 aromatic rings. The SMILES string of the molecule is CC(C)(C(=O)Nc1ccc(-c2cc(F)cc(F)c2)cn1)C1CCN(C(=O)c2cnc[nH]2)CC1. The van der Waals surface area contributed by atoms with E-state index in [1.165, 1.54) is 30.9 Å². The maximum Gasteiger partial charge on any atom is 0.271 e. The standard InChI is InChI=1S/C24H25F2N5O2/c1-24(2,17-5-7-31(8-6-17)22(32)20-13-27-14-29-20)23(33)30-21-4-3-15(12-28-21)16-9-18(25)11-19(26)10-16/h3-4,9-14,17H,5-8H2,1-2H3,(H,27,29)(H,28,30,33). The van der Waals surface area contributed by atoms with Gasteiger partial charge in [-0.1, -0.05) is 13.8 Å². The number of halogens is 2. The molecule has 172 valence electrons. The van der Waals surface area contributed by atoms with Crippen LogP contribution in [0.5, 0.6) is 0 Å². The van der Waals surface area contributed by atoms with Crippen molar-refractivity contribution in [2.75, 3.05) is 18.4 Å². The highest BCUT2D eigenvalue weighted by Gasteiger charge is 2.39. The van der Waals surface area contributed by atoms with Gasteiger partial charge in [-0.15, -0.1) is 0 Å². The highest BCUT2D eigenvalue weighted by molar-refractivity contribution is 5.94. The molecule has 0 spiro atoms. The van der Waals surface area contributed by atoms with Gasteiger partial charge in [-0.3, -0.25) is 9.59 Å². The summed E-state index contributed by atoms with van der Waals surface area (Å²) in [7, 11) is 0. The van der Waals surface area contributed by atoms with E-state index in [2.05, 4.69) is 20.3 Å². The van der Waals surface area contributed by atoms with Gasteiger partial charge in [0.15, 0.2) is 0 Å². The van der Waals surface area contributed by atoms with Crippen LogP contribution >= 0.6 is 0 Å². The van der Waals surface area contributed by atoms with Gasteiger partial charge in [-0.25, -0.2) is 18.7 Å². The molecule has 1 fully saturated rings. The lowest BCUT2D eigenvalue weighted by atomic mass is 9.73. The number of nitrogens with zero attached hydrogens (tertiary/aromatic N) is 3. The molecule has 1 aliphatic heterocycles. The summed E-state index contributed by atoms with van der Waals surface area (Å²) in [4.78, 5) is 38.3. The number of carbonyl (C=O) groups excluding carboxylic acids is 2. The number of hydrogen-bond acceptors (Lipinski definition) is 4. The first-order valence-electron chi connectivity index (χ1n) is 10.8. The molecular formula is C24H25F2N5O2. The van der Waals surface area contributed by atoms with Gasteiger partial charge in [0.05, 0.1) is 12.5 Å². The minimum absolute atomic E-state index is 0.0873. The summed E-state index contributed by atoms with van der Waals surface area (Å²) < 4.78 is 26.9. The summed E-state index contributed by atoms with van der Waals surface area (Å²) in [6, 6.07) is 6.53. The van der Waals surface area contributed by atoms with Gasteiger partial charge in [-0.05, 0) is 48.6 Å². The molecule has 3 heterocycles. The number of hydrogen-bond donors (Lipinski definition) is 2. The maximum atomic E-state index is 13.5. The Morgan fingerprint density at radius 1 is 1.06 bits per heavy atom. The van der Waals surface area contributed by atoms with Crippen molar-refractivity contribution in [1.29, 1.82) is 0 Å². The summed E-state index contributed by atoms with van der Waals surface area (Å²) >= 11 is 0. The van der Waals surface area contributed by atoms with E-state index in [4.69, 9.17) is 0 Å². The van der Waals surface area contributed by atoms with Crippen LogP contribution in [0.1, 0.15) is 37.2 Å². The highest BCUT2D eigenvalue weighted by Crippen LogP contribution is 2.36. The van der Waals surface area contributed by atoms with E-state index in [0.29, 0.717) is 48.6 Å². The molecule has 0 aliphatic carbocycles. The van der Waals surface area contributed by atoms with Gasteiger partial charge in [0, 0.05) is 36.3 Å². The van der Waals surface area contributed by atoms with Crippen molar-refractivity contribution in [3.63, 3.8) is 0 Å². The summed E-state index contributed by atoms with van der Waals surface area (Å²) in [5, 5.41) is 2.85. The fraction of sp³-hybridized carbons (Fsp3) is 0.333. The quantitative estimate of drug-likeness (QED) is 0.604. The third kappa shape index (κ3) is 4.92. The second-order valence-corrected chi connectivity index (χ2v) is 8.80. The minimum atomic E-state index is -0.671. The predicted octanol–water partition coefficient (Wildman–Crippen LogP) is 4.27. The normalized spacial score (nSPS) is 14.8. The largest absolute Gasteiger partial charge is 0.341 e. The van der Waals surface area contributed by atoms with Crippen LogP contribution in [0.25, 0.3) is 11.1 Å². The van der Waals surface area contributed by atoms with Gasteiger partial charge >= 0.3 is 0 Å². The van der Waals surface area contributed by atoms with Crippen LogP contribution in [-0.4, -0.2) is 44.8 Å². The highest BCUT2D eigenvalue weighted by atomic mass is 19.1. The molecule has 2 aromatic heterocycles. The second-order valence-electron chi connectivity index (χ2n) is 8.80. The zero-order valence-electron chi connectivity index (χ0n) is 18.4. The number of imidazole rings is 1. The number of piperidine rings is 1. The van der Waals surface area contributed by atoms with Gasteiger partial charge in [-0.2, -0.15) is 0 Å². The lowest BCUT2D eigenvalue weighted by molar-refractivity contribution is -0.127. The van der Waals surface area contributed by atoms with Gasteiger partial charge in [0.1, 0.15) is 23.1 Å². The summed E-state index contributed by atoms with van der Waals surface area (Å²) in [6.07, 6.45) is 5.87. The first-order chi connectivity index (χ1) is 15.7. The number of carbonyl (C=O) groups is 2. The van der Waals surface area contributed by atoms with Crippen molar-refractivity contribution in [2.24, 2.45) is 11.3 Å². The zero-order chi connectivity index (χ0) is 23.6. The Balaban J connectivity index is 1.37. The van der Waals surface area contributed by atoms with Gasteiger partial charge < -0.3 is 15.2 Å². The molecule has 2 amide bonds. The molecule has 1 saturated heterocycles.